The average Bonchev–Trinajstić information content (AvgIpc) is 3.46. The second-order valence-corrected chi connectivity index (χ2v) is 14.4. The number of ketones is 1. The Kier molecular flexibility index (Phi) is 27.7. The standard InChI is InChI=1S/C41H65O10P/c1-3-5-7-8-9-10-11-12-13-14-15-16-17-18-24-28-41(45)51-37(34-50-52(46,47)48)33-49-40(44)27-23-20-19-22-25-35-29-32-39(43)38(35)31-30-36(42)26-21-6-4-2/h5,7,9-10,12-13,19,22,29-32,35-38,42H,3-4,6,8,11,14-18,20-21,23-28,33-34H2,1-2H3,(H2,46,47,48)/b7-5-,10-9-,13-12-,22-19-,31-30+/t35-,36-,37+,38+/m0/s1. The molecular formula is C41H65O10P. The number of phosphoric ester groups is 1. The van der Waals surface area contributed by atoms with E-state index >= 15 is 0 Å². The van der Waals surface area contributed by atoms with Crippen LogP contribution in [0, 0.1) is 11.8 Å². The van der Waals surface area contributed by atoms with Crippen LogP contribution >= 0.6 is 7.82 Å². The molecule has 294 valence electrons. The van der Waals surface area contributed by atoms with Gasteiger partial charge in [-0.05, 0) is 76.2 Å². The van der Waals surface area contributed by atoms with E-state index in [4.69, 9.17) is 19.3 Å². The molecule has 0 saturated heterocycles. The molecule has 0 amide bonds. The minimum Gasteiger partial charge on any atom is -0.462 e. The number of rotatable bonds is 31. The van der Waals surface area contributed by atoms with Crippen LogP contribution in [0.15, 0.2) is 72.9 Å². The highest BCUT2D eigenvalue weighted by Gasteiger charge is 2.27. The molecule has 10 nitrogen and oxygen atoms in total. The Balaban J connectivity index is 2.30. The Morgan fingerprint density at radius 2 is 1.46 bits per heavy atom. The summed E-state index contributed by atoms with van der Waals surface area (Å²) in [5.41, 5.74) is 0. The molecule has 0 spiro atoms. The maximum Gasteiger partial charge on any atom is 0.469 e. The van der Waals surface area contributed by atoms with Crippen molar-refractivity contribution >= 4 is 25.5 Å². The minimum atomic E-state index is -4.81. The summed E-state index contributed by atoms with van der Waals surface area (Å²) >= 11 is 0. The van der Waals surface area contributed by atoms with E-state index in [1.807, 2.05) is 24.3 Å². The lowest BCUT2D eigenvalue weighted by Crippen LogP contribution is -2.29. The number of carbonyl (C=O) groups is 3. The van der Waals surface area contributed by atoms with Crippen molar-refractivity contribution in [3.8, 4) is 0 Å². The van der Waals surface area contributed by atoms with Crippen molar-refractivity contribution in [3.63, 3.8) is 0 Å². The van der Waals surface area contributed by atoms with Crippen molar-refractivity contribution < 1.29 is 47.8 Å². The van der Waals surface area contributed by atoms with E-state index in [0.29, 0.717) is 32.1 Å². The summed E-state index contributed by atoms with van der Waals surface area (Å²) < 4.78 is 26.3. The van der Waals surface area contributed by atoms with Crippen LogP contribution in [0.2, 0.25) is 0 Å². The highest BCUT2D eigenvalue weighted by atomic mass is 31.2. The summed E-state index contributed by atoms with van der Waals surface area (Å²) in [6.45, 7) is 3.26. The van der Waals surface area contributed by atoms with E-state index in [1.54, 1.807) is 12.2 Å². The Bertz CT molecular complexity index is 1210. The molecule has 11 heteroatoms. The summed E-state index contributed by atoms with van der Waals surface area (Å²) in [5, 5.41) is 10.2. The molecule has 1 rings (SSSR count). The first-order valence-electron chi connectivity index (χ1n) is 19.3. The van der Waals surface area contributed by atoms with Crippen molar-refractivity contribution in [1.82, 2.24) is 0 Å². The van der Waals surface area contributed by atoms with Crippen molar-refractivity contribution in [3.05, 3.63) is 72.9 Å². The number of phosphoric acid groups is 1. The molecule has 0 radical (unpaired) electrons. The van der Waals surface area contributed by atoms with Gasteiger partial charge in [-0.1, -0.05) is 119 Å². The fourth-order valence-electron chi connectivity index (χ4n) is 5.49. The van der Waals surface area contributed by atoms with Gasteiger partial charge in [-0.15, -0.1) is 0 Å². The van der Waals surface area contributed by atoms with Gasteiger partial charge in [0.25, 0.3) is 0 Å². The second kappa shape index (κ2) is 30.6. The highest BCUT2D eigenvalue weighted by molar-refractivity contribution is 7.46. The summed E-state index contributed by atoms with van der Waals surface area (Å²) in [7, 11) is -4.81. The molecular weight excluding hydrogens is 683 g/mol. The van der Waals surface area contributed by atoms with Crippen LogP contribution in [0.3, 0.4) is 0 Å². The highest BCUT2D eigenvalue weighted by Crippen LogP contribution is 2.36. The number of unbranched alkanes of at least 4 members (excludes halogenated alkanes) is 8. The third kappa shape index (κ3) is 26.8. The Morgan fingerprint density at radius 1 is 0.808 bits per heavy atom. The normalized spacial score (nSPS) is 17.8. The van der Waals surface area contributed by atoms with Crippen molar-refractivity contribution in [2.45, 2.75) is 142 Å². The van der Waals surface area contributed by atoms with Crippen molar-refractivity contribution in [1.29, 1.82) is 0 Å². The van der Waals surface area contributed by atoms with Gasteiger partial charge in [-0.2, -0.15) is 0 Å². The topological polar surface area (TPSA) is 157 Å². The lowest BCUT2D eigenvalue weighted by Gasteiger charge is -2.18. The number of aliphatic hydroxyl groups is 1. The summed E-state index contributed by atoms with van der Waals surface area (Å²) in [4.78, 5) is 55.2. The van der Waals surface area contributed by atoms with Gasteiger partial charge in [0.2, 0.25) is 0 Å². The molecule has 3 N–H and O–H groups in total. The molecule has 1 aliphatic carbocycles. The monoisotopic (exact) mass is 748 g/mol. The molecule has 4 atom stereocenters. The van der Waals surface area contributed by atoms with Gasteiger partial charge in [-0.25, -0.2) is 4.57 Å². The number of hydrogen-bond acceptors (Lipinski definition) is 8. The lowest BCUT2D eigenvalue weighted by molar-refractivity contribution is -0.161. The zero-order chi connectivity index (χ0) is 38.3. The first-order chi connectivity index (χ1) is 25.1. The maximum atomic E-state index is 12.4. The SMILES string of the molecule is CC/C=C\C/C=C\C/C=C\CCCCCCCC(=O)O[C@H](COC(=O)CCC/C=C\C[C@H]1C=CC(=O)[C@@H]1/C=C/[C@@H](O)CCCCC)COP(=O)(O)O. The molecule has 0 aliphatic heterocycles. The third-order valence-corrected chi connectivity index (χ3v) is 8.94. The Hall–Kier alpha value is -2.88. The average molecular weight is 749 g/mol. The van der Waals surface area contributed by atoms with Crippen molar-refractivity contribution in [2.75, 3.05) is 13.2 Å². The number of ether oxygens (including phenoxy) is 2. The van der Waals surface area contributed by atoms with Crippen molar-refractivity contribution in [2.24, 2.45) is 11.8 Å². The van der Waals surface area contributed by atoms with Gasteiger partial charge in [0.15, 0.2) is 11.9 Å². The predicted molar refractivity (Wildman–Crippen MR) is 206 cm³/mol. The first kappa shape index (κ1) is 47.1. The molecule has 1 aliphatic rings. The number of allylic oxidation sites excluding steroid dienone is 11. The van der Waals surface area contributed by atoms with Crippen LogP contribution in [0.4, 0.5) is 0 Å². The van der Waals surface area contributed by atoms with Gasteiger partial charge in [-0.3, -0.25) is 18.9 Å². The van der Waals surface area contributed by atoms with Crippen LogP contribution < -0.4 is 0 Å². The molecule has 0 fully saturated rings. The number of hydrogen-bond donors (Lipinski definition) is 3. The van der Waals surface area contributed by atoms with E-state index in [9.17, 15) is 24.1 Å². The van der Waals surface area contributed by atoms with Gasteiger partial charge >= 0.3 is 19.8 Å². The van der Waals surface area contributed by atoms with Gasteiger partial charge in [0.1, 0.15) is 6.61 Å². The smallest absolute Gasteiger partial charge is 0.462 e. The minimum absolute atomic E-state index is 0.0245. The molecule has 0 aromatic carbocycles. The molecule has 0 aromatic rings. The molecule has 0 bridgehead atoms. The molecule has 0 heterocycles. The Labute approximate surface area is 312 Å². The Morgan fingerprint density at radius 3 is 2.19 bits per heavy atom. The van der Waals surface area contributed by atoms with E-state index < -0.39 is 38.6 Å². The summed E-state index contributed by atoms with van der Waals surface area (Å²) in [6.07, 6.45) is 36.8. The molecule has 0 unspecified atom stereocenters. The van der Waals surface area contributed by atoms with Crippen LogP contribution in [-0.2, 0) is 32.9 Å². The number of carbonyl (C=O) groups excluding carboxylic acids is 3. The first-order valence-corrected chi connectivity index (χ1v) is 20.8. The summed E-state index contributed by atoms with van der Waals surface area (Å²) in [5.74, 6) is -1.29. The van der Waals surface area contributed by atoms with E-state index in [1.165, 1.54) is 0 Å². The fourth-order valence-corrected chi connectivity index (χ4v) is 5.85. The van der Waals surface area contributed by atoms with Crippen LogP contribution in [0.25, 0.3) is 0 Å². The quantitative estimate of drug-likeness (QED) is 0.0270. The van der Waals surface area contributed by atoms with Gasteiger partial charge < -0.3 is 24.4 Å². The van der Waals surface area contributed by atoms with Gasteiger partial charge in [0.05, 0.1) is 12.7 Å². The summed E-state index contributed by atoms with van der Waals surface area (Å²) in [6, 6.07) is 0. The van der Waals surface area contributed by atoms with Crippen LogP contribution in [0.1, 0.15) is 129 Å². The largest absolute Gasteiger partial charge is 0.469 e. The molecule has 0 aromatic heterocycles. The maximum absolute atomic E-state index is 12.4. The zero-order valence-corrected chi connectivity index (χ0v) is 32.4. The zero-order valence-electron chi connectivity index (χ0n) is 31.5. The van der Waals surface area contributed by atoms with E-state index in [-0.39, 0.29) is 37.1 Å². The third-order valence-electron chi connectivity index (χ3n) is 8.46. The van der Waals surface area contributed by atoms with E-state index in [2.05, 4.69) is 54.8 Å². The predicted octanol–water partition coefficient (Wildman–Crippen LogP) is 9.13. The second-order valence-electron chi connectivity index (χ2n) is 13.2. The number of aliphatic hydroxyl groups excluding tert-OH is 1. The van der Waals surface area contributed by atoms with Crippen LogP contribution in [-0.4, -0.2) is 58.0 Å². The molecule has 52 heavy (non-hydrogen) atoms. The number of esters is 2. The van der Waals surface area contributed by atoms with Gasteiger partial charge in [0, 0.05) is 18.8 Å². The van der Waals surface area contributed by atoms with Crippen LogP contribution in [0.5, 0.6) is 0 Å². The molecule has 0 saturated carbocycles. The van der Waals surface area contributed by atoms with E-state index in [0.717, 1.165) is 70.6 Å². The lowest BCUT2D eigenvalue weighted by atomic mass is 9.90. The fraction of sp³-hybridized carbons (Fsp3) is 0.634.